The smallest absolute Gasteiger partial charge is 0.243 e. The van der Waals surface area contributed by atoms with E-state index in [1.165, 1.54) is 4.88 Å². The maximum atomic E-state index is 13.5. The molecule has 1 aliphatic heterocycles. The van der Waals surface area contributed by atoms with E-state index < -0.39 is 10.0 Å². The molecular weight excluding hydrogens is 418 g/mol. The maximum absolute atomic E-state index is 13.5. The van der Waals surface area contributed by atoms with Gasteiger partial charge in [0.1, 0.15) is 5.75 Å². The fourth-order valence-corrected chi connectivity index (χ4v) is 6.26. The van der Waals surface area contributed by atoms with E-state index >= 15 is 0 Å². The SMILES string of the molecule is COc1cccc(S(=O)(=O)N(CCN(C)C)C2CCN(CCc3cccs3)CC2)c1. The Morgan fingerprint density at radius 1 is 1.13 bits per heavy atom. The van der Waals surface area contributed by atoms with Gasteiger partial charge in [0.25, 0.3) is 0 Å². The molecule has 0 amide bonds. The van der Waals surface area contributed by atoms with Crippen LogP contribution in [0.4, 0.5) is 0 Å². The van der Waals surface area contributed by atoms with Gasteiger partial charge in [-0.3, -0.25) is 0 Å². The first kappa shape index (κ1) is 23.2. The van der Waals surface area contributed by atoms with E-state index in [0.717, 1.165) is 38.9 Å². The van der Waals surface area contributed by atoms with Gasteiger partial charge in [0.2, 0.25) is 10.0 Å². The minimum Gasteiger partial charge on any atom is -0.497 e. The molecule has 0 spiro atoms. The highest BCUT2D eigenvalue weighted by Gasteiger charge is 2.33. The van der Waals surface area contributed by atoms with Gasteiger partial charge in [-0.15, -0.1) is 11.3 Å². The van der Waals surface area contributed by atoms with Crippen LogP contribution in [0.25, 0.3) is 0 Å². The highest BCUT2D eigenvalue weighted by atomic mass is 32.2. The third-order valence-electron chi connectivity index (χ3n) is 5.63. The second-order valence-corrected chi connectivity index (χ2v) is 10.9. The Labute approximate surface area is 185 Å². The number of benzene rings is 1. The van der Waals surface area contributed by atoms with Gasteiger partial charge >= 0.3 is 0 Å². The molecule has 2 aromatic rings. The molecule has 2 heterocycles. The molecule has 1 fully saturated rings. The number of likely N-dealkylation sites (N-methyl/N-ethyl adjacent to an activating group) is 1. The second kappa shape index (κ2) is 10.7. The first-order valence-electron chi connectivity index (χ1n) is 10.5. The summed E-state index contributed by atoms with van der Waals surface area (Å²) in [7, 11) is 1.92. The van der Waals surface area contributed by atoms with Gasteiger partial charge < -0.3 is 14.5 Å². The molecule has 8 heteroatoms. The van der Waals surface area contributed by atoms with Crippen LogP contribution in [0.1, 0.15) is 17.7 Å². The molecule has 1 aromatic carbocycles. The van der Waals surface area contributed by atoms with Gasteiger partial charge in [-0.2, -0.15) is 4.31 Å². The van der Waals surface area contributed by atoms with Crippen LogP contribution in [0.2, 0.25) is 0 Å². The summed E-state index contributed by atoms with van der Waals surface area (Å²) >= 11 is 1.80. The van der Waals surface area contributed by atoms with Gasteiger partial charge in [0.05, 0.1) is 12.0 Å². The van der Waals surface area contributed by atoms with Crippen molar-refractivity contribution in [2.75, 3.05) is 53.9 Å². The number of ether oxygens (including phenoxy) is 1. The van der Waals surface area contributed by atoms with Crippen molar-refractivity contribution < 1.29 is 13.2 Å². The fraction of sp³-hybridized carbons (Fsp3) is 0.545. The Morgan fingerprint density at radius 2 is 1.90 bits per heavy atom. The van der Waals surface area contributed by atoms with Gasteiger partial charge in [-0.05, 0) is 70.0 Å². The van der Waals surface area contributed by atoms with Crippen LogP contribution in [0, 0.1) is 0 Å². The Kier molecular flexibility index (Phi) is 8.30. The van der Waals surface area contributed by atoms with E-state index in [1.54, 1.807) is 47.0 Å². The number of hydrogen-bond acceptors (Lipinski definition) is 6. The average molecular weight is 452 g/mol. The van der Waals surface area contributed by atoms with Crippen molar-refractivity contribution in [1.29, 1.82) is 0 Å². The van der Waals surface area contributed by atoms with Crippen molar-refractivity contribution in [2.45, 2.75) is 30.2 Å². The Balaban J connectivity index is 1.69. The molecule has 0 saturated carbocycles. The van der Waals surface area contributed by atoms with Crippen LogP contribution in [0.3, 0.4) is 0 Å². The van der Waals surface area contributed by atoms with E-state index in [4.69, 9.17) is 4.74 Å². The number of rotatable bonds is 10. The first-order valence-corrected chi connectivity index (χ1v) is 12.8. The number of sulfonamides is 1. The van der Waals surface area contributed by atoms with Crippen molar-refractivity contribution in [2.24, 2.45) is 0 Å². The van der Waals surface area contributed by atoms with Gasteiger partial charge in [0.15, 0.2) is 0 Å². The number of likely N-dealkylation sites (tertiary alicyclic amines) is 1. The third kappa shape index (κ3) is 6.04. The summed E-state index contributed by atoms with van der Waals surface area (Å²) in [4.78, 5) is 6.20. The monoisotopic (exact) mass is 451 g/mol. The predicted octanol–water partition coefficient (Wildman–Crippen LogP) is 3.02. The lowest BCUT2D eigenvalue weighted by molar-refractivity contribution is 0.155. The standard InChI is InChI=1S/C22H33N3O3S2/c1-23(2)15-16-25(30(26,27)22-8-4-6-20(18-22)28-3)19-9-12-24(13-10-19)14-11-21-7-5-17-29-21/h4-8,17-19H,9-16H2,1-3H3. The molecule has 0 bridgehead atoms. The van der Waals surface area contributed by atoms with Gasteiger partial charge in [-0.25, -0.2) is 8.42 Å². The molecule has 3 rings (SSSR count). The van der Waals surface area contributed by atoms with Crippen LogP contribution in [0.15, 0.2) is 46.7 Å². The molecule has 30 heavy (non-hydrogen) atoms. The van der Waals surface area contributed by atoms with E-state index in [2.05, 4.69) is 22.4 Å². The Bertz CT molecular complexity index is 877. The first-order chi connectivity index (χ1) is 14.4. The lowest BCUT2D eigenvalue weighted by Gasteiger charge is -2.38. The lowest BCUT2D eigenvalue weighted by Crippen LogP contribution is -2.49. The Hall–Kier alpha value is -1.45. The highest BCUT2D eigenvalue weighted by Crippen LogP contribution is 2.26. The lowest BCUT2D eigenvalue weighted by atomic mass is 10.0. The number of nitrogens with zero attached hydrogens (tertiary/aromatic N) is 3. The van der Waals surface area contributed by atoms with Crippen LogP contribution in [0.5, 0.6) is 5.75 Å². The number of piperidine rings is 1. The third-order valence-corrected chi connectivity index (χ3v) is 8.52. The molecule has 1 aliphatic rings. The molecular formula is C22H33N3O3S2. The average Bonchev–Trinajstić information content (AvgIpc) is 3.26. The highest BCUT2D eigenvalue weighted by molar-refractivity contribution is 7.89. The largest absolute Gasteiger partial charge is 0.497 e. The number of methoxy groups -OCH3 is 1. The minimum atomic E-state index is -3.58. The molecule has 0 N–H and O–H groups in total. The minimum absolute atomic E-state index is 0.0270. The summed E-state index contributed by atoms with van der Waals surface area (Å²) < 4.78 is 34.0. The van der Waals surface area contributed by atoms with E-state index in [1.807, 2.05) is 19.0 Å². The van der Waals surface area contributed by atoms with Gasteiger partial charge in [0, 0.05) is 36.6 Å². The summed E-state index contributed by atoms with van der Waals surface area (Å²) in [6.07, 6.45) is 2.79. The quantitative estimate of drug-likeness (QED) is 0.556. The van der Waals surface area contributed by atoms with Crippen LogP contribution in [-0.4, -0.2) is 82.5 Å². The Morgan fingerprint density at radius 3 is 2.53 bits per heavy atom. The van der Waals surface area contributed by atoms with E-state index in [-0.39, 0.29) is 6.04 Å². The van der Waals surface area contributed by atoms with Crippen molar-refractivity contribution in [1.82, 2.24) is 14.1 Å². The molecule has 0 radical (unpaired) electrons. The normalized spacial score (nSPS) is 16.4. The number of hydrogen-bond donors (Lipinski definition) is 0. The zero-order chi connectivity index (χ0) is 21.6. The van der Waals surface area contributed by atoms with Gasteiger partial charge in [-0.1, -0.05) is 12.1 Å². The molecule has 1 aromatic heterocycles. The molecule has 0 unspecified atom stereocenters. The van der Waals surface area contributed by atoms with Crippen LogP contribution >= 0.6 is 11.3 Å². The topological polar surface area (TPSA) is 53.1 Å². The van der Waals surface area contributed by atoms with Crippen molar-refractivity contribution >= 4 is 21.4 Å². The maximum Gasteiger partial charge on any atom is 0.243 e. The fourth-order valence-electron chi connectivity index (χ4n) is 3.85. The molecule has 6 nitrogen and oxygen atoms in total. The second-order valence-electron chi connectivity index (χ2n) is 8.00. The summed E-state index contributed by atoms with van der Waals surface area (Å²) in [5.41, 5.74) is 0. The van der Waals surface area contributed by atoms with Crippen LogP contribution < -0.4 is 4.74 Å². The number of thiophene rings is 1. The molecule has 0 atom stereocenters. The zero-order valence-electron chi connectivity index (χ0n) is 18.2. The summed E-state index contributed by atoms with van der Waals surface area (Å²) in [6.45, 7) is 4.09. The molecule has 0 aliphatic carbocycles. The molecule has 1 saturated heterocycles. The molecule has 166 valence electrons. The van der Waals surface area contributed by atoms with E-state index in [9.17, 15) is 8.42 Å². The van der Waals surface area contributed by atoms with E-state index in [0.29, 0.717) is 23.7 Å². The zero-order valence-corrected chi connectivity index (χ0v) is 19.8. The van der Waals surface area contributed by atoms with Crippen molar-refractivity contribution in [3.63, 3.8) is 0 Å². The van der Waals surface area contributed by atoms with Crippen molar-refractivity contribution in [3.8, 4) is 5.75 Å². The summed E-state index contributed by atoms with van der Waals surface area (Å²) in [6, 6.07) is 11.1. The predicted molar refractivity (Wildman–Crippen MR) is 123 cm³/mol. The summed E-state index contributed by atoms with van der Waals surface area (Å²) in [5, 5.41) is 2.12. The summed E-state index contributed by atoms with van der Waals surface area (Å²) in [5.74, 6) is 0.562. The van der Waals surface area contributed by atoms with Crippen LogP contribution in [-0.2, 0) is 16.4 Å². The van der Waals surface area contributed by atoms with Crippen molar-refractivity contribution in [3.05, 3.63) is 46.7 Å².